The van der Waals surface area contributed by atoms with Crippen LogP contribution in [0.4, 0.5) is 10.3 Å². The van der Waals surface area contributed by atoms with Crippen LogP contribution < -0.4 is 5.32 Å². The summed E-state index contributed by atoms with van der Waals surface area (Å²) in [6, 6.07) is 16.2. The van der Waals surface area contributed by atoms with E-state index in [1.807, 2.05) is 50.2 Å². The molecular weight excluding hydrogens is 393 g/mol. The second-order valence-electron chi connectivity index (χ2n) is 7.56. The normalized spacial score (nSPS) is 11.9. The van der Waals surface area contributed by atoms with Gasteiger partial charge in [-0.15, -0.1) is 0 Å². The minimum absolute atomic E-state index is 0.209. The number of hydrogen-bond donors (Lipinski definition) is 1. The molecule has 0 saturated heterocycles. The second kappa shape index (κ2) is 8.52. The number of anilines is 1. The first-order valence-electron chi connectivity index (χ1n) is 9.98. The van der Waals surface area contributed by atoms with Gasteiger partial charge in [-0.2, -0.15) is 0 Å². The predicted molar refractivity (Wildman–Crippen MR) is 118 cm³/mol. The molecule has 2 aromatic carbocycles. The lowest BCUT2D eigenvalue weighted by molar-refractivity contribution is -0.117. The third-order valence-electron chi connectivity index (χ3n) is 5.26. The average molecular weight is 415 g/mol. The van der Waals surface area contributed by atoms with Gasteiger partial charge in [0, 0.05) is 18.0 Å². The first kappa shape index (κ1) is 20.5. The number of benzene rings is 2. The van der Waals surface area contributed by atoms with E-state index in [-0.39, 0.29) is 23.5 Å². The van der Waals surface area contributed by atoms with Crippen LogP contribution in [0.1, 0.15) is 29.5 Å². The highest BCUT2D eigenvalue weighted by molar-refractivity contribution is 5.99. The molecule has 0 fully saturated rings. The van der Waals surface area contributed by atoms with Crippen LogP contribution in [0.2, 0.25) is 0 Å². The monoisotopic (exact) mass is 415 g/mol. The summed E-state index contributed by atoms with van der Waals surface area (Å²) in [4.78, 5) is 17.1. The van der Waals surface area contributed by atoms with E-state index in [0.29, 0.717) is 22.4 Å². The Labute approximate surface area is 179 Å². The summed E-state index contributed by atoms with van der Waals surface area (Å²) in [6.07, 6.45) is 3.31. The lowest BCUT2D eigenvalue weighted by atomic mass is 9.98. The Bertz CT molecular complexity index is 1230. The summed E-state index contributed by atoms with van der Waals surface area (Å²) in [5.41, 5.74) is 5.12. The van der Waals surface area contributed by atoms with Crippen LogP contribution in [0.3, 0.4) is 0 Å². The zero-order valence-electron chi connectivity index (χ0n) is 17.5. The van der Waals surface area contributed by atoms with Gasteiger partial charge in [-0.25, -0.2) is 4.39 Å². The SMILES string of the molecule is Cc1cccc(C(C)C(=O)Nc2onc(-c3ccc(F)c(C)c3)c2-c2ccncc2)c1. The maximum atomic E-state index is 13.8. The predicted octanol–water partition coefficient (Wildman–Crippen LogP) is 5.90. The first-order chi connectivity index (χ1) is 14.9. The topological polar surface area (TPSA) is 68.0 Å². The van der Waals surface area contributed by atoms with Gasteiger partial charge in [-0.1, -0.05) is 35.0 Å². The van der Waals surface area contributed by atoms with E-state index >= 15 is 0 Å². The second-order valence-corrected chi connectivity index (χ2v) is 7.56. The van der Waals surface area contributed by atoms with Gasteiger partial charge >= 0.3 is 0 Å². The lowest BCUT2D eigenvalue weighted by Crippen LogP contribution is -2.19. The zero-order valence-corrected chi connectivity index (χ0v) is 17.5. The van der Waals surface area contributed by atoms with E-state index in [1.165, 1.54) is 6.07 Å². The number of nitrogens with one attached hydrogen (secondary N) is 1. The van der Waals surface area contributed by atoms with Gasteiger partial charge in [0.05, 0.1) is 11.5 Å². The van der Waals surface area contributed by atoms with Gasteiger partial charge < -0.3 is 4.52 Å². The van der Waals surface area contributed by atoms with E-state index in [9.17, 15) is 9.18 Å². The van der Waals surface area contributed by atoms with Crippen LogP contribution in [0.5, 0.6) is 0 Å². The molecule has 0 aliphatic carbocycles. The number of hydrogen-bond acceptors (Lipinski definition) is 4. The number of aryl methyl sites for hydroxylation is 2. The molecule has 4 rings (SSSR count). The molecule has 2 aromatic heterocycles. The fourth-order valence-corrected chi connectivity index (χ4v) is 3.46. The van der Waals surface area contributed by atoms with Crippen LogP contribution in [0, 0.1) is 19.7 Å². The van der Waals surface area contributed by atoms with Crippen molar-refractivity contribution in [3.8, 4) is 22.4 Å². The third kappa shape index (κ3) is 4.23. The van der Waals surface area contributed by atoms with E-state index in [2.05, 4.69) is 15.5 Å². The van der Waals surface area contributed by atoms with Crippen LogP contribution in [0.15, 0.2) is 71.5 Å². The van der Waals surface area contributed by atoms with Gasteiger partial charge in [0.2, 0.25) is 11.8 Å². The number of halogens is 1. The standard InChI is InChI=1S/C25H22FN3O2/c1-15-5-4-6-19(13-15)17(3)24(30)28-25-22(18-9-11-27-12-10-18)23(29-31-25)20-7-8-21(26)16(2)14-20/h4-14,17H,1-3H3,(H,28,30). The largest absolute Gasteiger partial charge is 0.337 e. The van der Waals surface area contributed by atoms with Crippen molar-refractivity contribution in [2.45, 2.75) is 26.7 Å². The Morgan fingerprint density at radius 3 is 2.52 bits per heavy atom. The average Bonchev–Trinajstić information content (AvgIpc) is 3.19. The number of carbonyl (C=O) groups excluding carboxylic acids is 1. The smallest absolute Gasteiger partial charge is 0.239 e. The van der Waals surface area contributed by atoms with E-state index in [0.717, 1.165) is 16.7 Å². The van der Waals surface area contributed by atoms with Crippen LogP contribution >= 0.6 is 0 Å². The van der Waals surface area contributed by atoms with Crippen molar-refractivity contribution in [3.05, 3.63) is 89.5 Å². The summed E-state index contributed by atoms with van der Waals surface area (Å²) >= 11 is 0. The Morgan fingerprint density at radius 2 is 1.81 bits per heavy atom. The number of aromatic nitrogens is 2. The molecular formula is C25H22FN3O2. The molecule has 0 radical (unpaired) electrons. The Morgan fingerprint density at radius 1 is 1.03 bits per heavy atom. The Balaban J connectivity index is 1.73. The number of amides is 1. The molecule has 1 N–H and O–H groups in total. The Kier molecular flexibility index (Phi) is 5.62. The van der Waals surface area contributed by atoms with Crippen LogP contribution in [-0.4, -0.2) is 16.0 Å². The van der Waals surface area contributed by atoms with Gasteiger partial charge in [-0.05, 0) is 67.8 Å². The molecule has 31 heavy (non-hydrogen) atoms. The zero-order chi connectivity index (χ0) is 22.0. The molecule has 6 heteroatoms. The van der Waals surface area contributed by atoms with Gasteiger partial charge in [0.15, 0.2) is 0 Å². The molecule has 4 aromatic rings. The summed E-state index contributed by atoms with van der Waals surface area (Å²) < 4.78 is 19.3. The molecule has 1 atom stereocenters. The molecule has 0 spiro atoms. The molecule has 5 nitrogen and oxygen atoms in total. The van der Waals surface area contributed by atoms with Gasteiger partial charge in [-0.3, -0.25) is 15.1 Å². The highest BCUT2D eigenvalue weighted by Crippen LogP contribution is 2.38. The minimum Gasteiger partial charge on any atom is -0.337 e. The maximum Gasteiger partial charge on any atom is 0.239 e. The van der Waals surface area contributed by atoms with Crippen molar-refractivity contribution in [3.63, 3.8) is 0 Å². The summed E-state index contributed by atoms with van der Waals surface area (Å²) in [6.45, 7) is 5.52. The maximum absolute atomic E-state index is 13.8. The summed E-state index contributed by atoms with van der Waals surface area (Å²) in [7, 11) is 0. The summed E-state index contributed by atoms with van der Waals surface area (Å²) in [5, 5.41) is 7.08. The van der Waals surface area contributed by atoms with Gasteiger partial charge in [0.1, 0.15) is 11.5 Å². The molecule has 156 valence electrons. The van der Waals surface area contributed by atoms with Gasteiger partial charge in [0.25, 0.3) is 0 Å². The van der Waals surface area contributed by atoms with E-state index in [4.69, 9.17) is 4.52 Å². The molecule has 2 heterocycles. The van der Waals surface area contributed by atoms with Crippen molar-refractivity contribution in [2.24, 2.45) is 0 Å². The first-order valence-corrected chi connectivity index (χ1v) is 9.98. The Hall–Kier alpha value is -3.80. The number of pyridine rings is 1. The number of rotatable bonds is 5. The molecule has 1 unspecified atom stereocenters. The van der Waals surface area contributed by atoms with Crippen LogP contribution in [-0.2, 0) is 4.79 Å². The molecule has 0 bridgehead atoms. The lowest BCUT2D eigenvalue weighted by Gasteiger charge is -2.13. The molecule has 1 amide bonds. The highest BCUT2D eigenvalue weighted by Gasteiger charge is 2.24. The molecule has 0 aliphatic heterocycles. The highest BCUT2D eigenvalue weighted by atomic mass is 19.1. The molecule has 0 aliphatic rings. The number of carbonyl (C=O) groups is 1. The summed E-state index contributed by atoms with van der Waals surface area (Å²) in [5.74, 6) is -0.642. The molecule has 0 saturated carbocycles. The van der Waals surface area contributed by atoms with Crippen molar-refractivity contribution in [2.75, 3.05) is 5.32 Å². The fraction of sp³-hybridized carbons (Fsp3) is 0.160. The quantitative estimate of drug-likeness (QED) is 0.440. The minimum atomic E-state index is -0.383. The van der Waals surface area contributed by atoms with E-state index < -0.39 is 0 Å². The fourth-order valence-electron chi connectivity index (χ4n) is 3.46. The van der Waals surface area contributed by atoms with Crippen molar-refractivity contribution < 1.29 is 13.7 Å². The van der Waals surface area contributed by atoms with Crippen molar-refractivity contribution in [1.29, 1.82) is 0 Å². The third-order valence-corrected chi connectivity index (χ3v) is 5.26. The number of nitrogens with zero attached hydrogens (tertiary/aromatic N) is 2. The van der Waals surface area contributed by atoms with Crippen LogP contribution in [0.25, 0.3) is 22.4 Å². The van der Waals surface area contributed by atoms with Crippen molar-refractivity contribution >= 4 is 11.8 Å². The van der Waals surface area contributed by atoms with E-state index in [1.54, 1.807) is 31.5 Å². The van der Waals surface area contributed by atoms with Crippen molar-refractivity contribution in [1.82, 2.24) is 10.1 Å².